The zero-order valence-corrected chi connectivity index (χ0v) is 19.5. The number of nitrogens with one attached hydrogen (secondary N) is 1. The molecule has 0 bridgehead atoms. The van der Waals surface area contributed by atoms with Gasteiger partial charge in [-0.3, -0.25) is 10.1 Å². The van der Waals surface area contributed by atoms with Gasteiger partial charge in [-0.1, -0.05) is 47.0 Å². The predicted octanol–water partition coefficient (Wildman–Crippen LogP) is 5.43. The number of rotatable bonds is 7. The summed E-state index contributed by atoms with van der Waals surface area (Å²) in [5.41, 5.74) is 2.71. The van der Waals surface area contributed by atoms with Crippen molar-refractivity contribution >= 4 is 34.0 Å². The van der Waals surface area contributed by atoms with Gasteiger partial charge in [-0.05, 0) is 47.2 Å². The molecule has 1 N–H and O–H groups in total. The molecule has 0 radical (unpaired) electrons. The van der Waals surface area contributed by atoms with Gasteiger partial charge in [-0.2, -0.15) is 0 Å². The highest BCUT2D eigenvalue weighted by Crippen LogP contribution is 2.41. The number of halogens is 1. The molecule has 0 saturated heterocycles. The summed E-state index contributed by atoms with van der Waals surface area (Å²) in [5, 5.41) is 12.1. The number of methoxy groups -OCH3 is 1. The Morgan fingerprint density at radius 3 is 2.62 bits per heavy atom. The molecule has 1 amide bonds. The van der Waals surface area contributed by atoms with Crippen LogP contribution in [0.4, 0.5) is 5.13 Å². The van der Waals surface area contributed by atoms with Crippen molar-refractivity contribution in [2.24, 2.45) is 0 Å². The lowest BCUT2D eigenvalue weighted by Crippen LogP contribution is -2.13. The first kappa shape index (κ1) is 22.0. The molecule has 8 nitrogen and oxygen atoms in total. The molecular formula is C24H18ClN3O5S. The van der Waals surface area contributed by atoms with E-state index in [4.69, 9.17) is 30.5 Å². The topological polar surface area (TPSA) is 91.8 Å². The number of benzene rings is 3. The van der Waals surface area contributed by atoms with Crippen LogP contribution in [0.5, 0.6) is 22.4 Å². The van der Waals surface area contributed by atoms with Crippen molar-refractivity contribution in [3.63, 3.8) is 0 Å². The molecular weight excluding hydrogens is 478 g/mol. The van der Waals surface area contributed by atoms with E-state index in [1.807, 2.05) is 36.4 Å². The Labute approximate surface area is 204 Å². The molecule has 34 heavy (non-hydrogen) atoms. The number of carbonyl (C=O) groups is 1. The molecule has 2 heterocycles. The van der Waals surface area contributed by atoms with Crippen molar-refractivity contribution in [3.8, 4) is 33.6 Å². The number of carbonyl (C=O) groups excluding carboxylic acids is 1. The van der Waals surface area contributed by atoms with E-state index in [0.29, 0.717) is 50.3 Å². The van der Waals surface area contributed by atoms with Crippen LogP contribution in [0.1, 0.15) is 15.9 Å². The zero-order valence-electron chi connectivity index (χ0n) is 17.9. The molecule has 0 saturated carbocycles. The summed E-state index contributed by atoms with van der Waals surface area (Å²) in [6.45, 7) is 0.399. The molecule has 3 aromatic carbocycles. The maximum Gasteiger partial charge on any atom is 0.296 e. The summed E-state index contributed by atoms with van der Waals surface area (Å²) in [6, 6.07) is 18.2. The number of hydrogen-bond acceptors (Lipinski definition) is 8. The third-order valence-corrected chi connectivity index (χ3v) is 6.06. The average Bonchev–Trinajstić information content (AvgIpc) is 3.51. The summed E-state index contributed by atoms with van der Waals surface area (Å²) in [6.07, 6.45) is 0. The van der Waals surface area contributed by atoms with Crippen LogP contribution in [-0.4, -0.2) is 30.0 Å². The van der Waals surface area contributed by atoms with E-state index in [9.17, 15) is 4.79 Å². The van der Waals surface area contributed by atoms with E-state index in [-0.39, 0.29) is 12.7 Å². The van der Waals surface area contributed by atoms with Gasteiger partial charge < -0.3 is 18.9 Å². The zero-order chi connectivity index (χ0) is 23.5. The van der Waals surface area contributed by atoms with Crippen LogP contribution in [0.2, 0.25) is 5.02 Å². The smallest absolute Gasteiger partial charge is 0.296 e. The first-order valence-corrected chi connectivity index (χ1v) is 11.4. The summed E-state index contributed by atoms with van der Waals surface area (Å²) in [4.78, 5) is 13.3. The largest absolute Gasteiger partial charge is 0.496 e. The van der Waals surface area contributed by atoms with Crippen molar-refractivity contribution in [2.45, 2.75) is 6.61 Å². The number of aromatic nitrogens is 2. The fraction of sp³-hybridized carbons (Fsp3) is 0.125. The van der Waals surface area contributed by atoms with E-state index in [1.165, 1.54) is 0 Å². The van der Waals surface area contributed by atoms with Gasteiger partial charge in [0.2, 0.25) is 11.9 Å². The Morgan fingerprint density at radius 1 is 1.06 bits per heavy atom. The van der Waals surface area contributed by atoms with Gasteiger partial charge in [0, 0.05) is 16.1 Å². The number of para-hydroxylation sites is 1. The Kier molecular flexibility index (Phi) is 6.20. The molecule has 0 unspecified atom stereocenters. The van der Waals surface area contributed by atoms with E-state index < -0.39 is 0 Å². The van der Waals surface area contributed by atoms with Crippen molar-refractivity contribution < 1.29 is 23.7 Å². The minimum Gasteiger partial charge on any atom is -0.496 e. The molecule has 172 valence electrons. The second-order valence-corrected chi connectivity index (χ2v) is 8.57. The lowest BCUT2D eigenvalue weighted by molar-refractivity contribution is 0.102. The van der Waals surface area contributed by atoms with Crippen LogP contribution in [0.15, 0.2) is 60.7 Å². The van der Waals surface area contributed by atoms with Crippen LogP contribution in [-0.2, 0) is 6.61 Å². The summed E-state index contributed by atoms with van der Waals surface area (Å²) < 4.78 is 22.2. The molecule has 0 atom stereocenters. The molecule has 1 aliphatic heterocycles. The standard InChI is InChI=1S/C24H18ClN3O5S/c1-30-19-5-3-2-4-16(19)17-10-20-21(33-13-32-20)11-18(17)22(29)26-23-27-28-24(34-23)31-12-14-6-8-15(25)9-7-14/h2-11H,12-13H2,1H3,(H,26,27,29). The molecule has 4 aromatic rings. The number of nitrogens with zero attached hydrogens (tertiary/aromatic N) is 2. The summed E-state index contributed by atoms with van der Waals surface area (Å²) >= 11 is 7.04. The number of hydrogen-bond donors (Lipinski definition) is 1. The highest BCUT2D eigenvalue weighted by Gasteiger charge is 2.24. The van der Waals surface area contributed by atoms with Crippen LogP contribution < -0.4 is 24.3 Å². The van der Waals surface area contributed by atoms with Crippen LogP contribution in [0.25, 0.3) is 11.1 Å². The normalized spacial score (nSPS) is 11.8. The van der Waals surface area contributed by atoms with Gasteiger partial charge in [0.15, 0.2) is 11.5 Å². The minimum atomic E-state index is -0.375. The third-order valence-electron chi connectivity index (χ3n) is 5.06. The second-order valence-electron chi connectivity index (χ2n) is 7.19. The van der Waals surface area contributed by atoms with Crippen molar-refractivity contribution in [3.05, 3.63) is 76.8 Å². The fourth-order valence-electron chi connectivity index (χ4n) is 3.43. The second kappa shape index (κ2) is 9.58. The maximum atomic E-state index is 13.3. The van der Waals surface area contributed by atoms with Gasteiger partial charge in [-0.25, -0.2) is 0 Å². The first-order chi connectivity index (χ1) is 16.6. The van der Waals surface area contributed by atoms with Crippen LogP contribution in [0.3, 0.4) is 0 Å². The van der Waals surface area contributed by atoms with Gasteiger partial charge in [0.1, 0.15) is 12.4 Å². The van der Waals surface area contributed by atoms with Crippen molar-refractivity contribution in [1.29, 1.82) is 0 Å². The Hall–Kier alpha value is -3.82. The molecule has 0 fully saturated rings. The van der Waals surface area contributed by atoms with E-state index in [1.54, 1.807) is 31.4 Å². The highest BCUT2D eigenvalue weighted by atomic mass is 35.5. The number of amides is 1. The van der Waals surface area contributed by atoms with Crippen molar-refractivity contribution in [2.75, 3.05) is 19.2 Å². The number of ether oxygens (including phenoxy) is 4. The minimum absolute atomic E-state index is 0.0937. The van der Waals surface area contributed by atoms with Gasteiger partial charge in [0.05, 0.1) is 12.7 Å². The average molecular weight is 496 g/mol. The SMILES string of the molecule is COc1ccccc1-c1cc2c(cc1C(=O)Nc1nnc(OCc3ccc(Cl)cc3)s1)OCO2. The molecule has 1 aromatic heterocycles. The van der Waals surface area contributed by atoms with Gasteiger partial charge in [-0.15, -0.1) is 5.10 Å². The van der Waals surface area contributed by atoms with E-state index >= 15 is 0 Å². The maximum absolute atomic E-state index is 13.3. The molecule has 0 aliphatic carbocycles. The fourth-order valence-corrected chi connectivity index (χ4v) is 4.14. The molecule has 1 aliphatic rings. The van der Waals surface area contributed by atoms with Crippen molar-refractivity contribution in [1.82, 2.24) is 10.2 Å². The molecule has 0 spiro atoms. The molecule has 10 heteroatoms. The third kappa shape index (κ3) is 4.61. The summed E-state index contributed by atoms with van der Waals surface area (Å²) in [7, 11) is 1.58. The molecule has 5 rings (SSSR count). The van der Waals surface area contributed by atoms with Crippen LogP contribution >= 0.6 is 22.9 Å². The first-order valence-electron chi connectivity index (χ1n) is 10.2. The summed E-state index contributed by atoms with van der Waals surface area (Å²) in [5.74, 6) is 1.31. The quantitative estimate of drug-likeness (QED) is 0.365. The predicted molar refractivity (Wildman–Crippen MR) is 128 cm³/mol. The Bertz CT molecular complexity index is 1340. The van der Waals surface area contributed by atoms with Crippen LogP contribution in [0, 0.1) is 0 Å². The lowest BCUT2D eigenvalue weighted by atomic mass is 9.97. The number of fused-ring (bicyclic) bond motifs is 1. The lowest BCUT2D eigenvalue weighted by Gasteiger charge is -2.13. The Balaban J connectivity index is 1.37. The monoisotopic (exact) mass is 495 g/mol. The van der Waals surface area contributed by atoms with E-state index in [2.05, 4.69) is 15.5 Å². The highest BCUT2D eigenvalue weighted by molar-refractivity contribution is 7.17. The van der Waals surface area contributed by atoms with E-state index in [0.717, 1.165) is 22.5 Å². The Morgan fingerprint density at radius 2 is 1.82 bits per heavy atom. The number of anilines is 1. The van der Waals surface area contributed by atoms with Gasteiger partial charge >= 0.3 is 0 Å². The van der Waals surface area contributed by atoms with Gasteiger partial charge in [0.25, 0.3) is 11.1 Å².